The number of carbonyl (C=O) groups excluding carboxylic acids is 1. The van der Waals surface area contributed by atoms with Gasteiger partial charge in [-0.05, 0) is 43.4 Å². The highest BCUT2D eigenvalue weighted by Crippen LogP contribution is 2.19. The van der Waals surface area contributed by atoms with Crippen molar-refractivity contribution >= 4 is 18.2 Å². The summed E-state index contributed by atoms with van der Waals surface area (Å²) in [6, 6.07) is 4.90. The Morgan fingerprint density at radius 3 is 2.70 bits per heavy atom. The maximum Gasteiger partial charge on any atom is 0.313 e. The Morgan fingerprint density at radius 2 is 2.11 bits per heavy atom. The number of methoxy groups -OCH3 is 1. The third-order valence-electron chi connectivity index (χ3n) is 4.14. The lowest BCUT2D eigenvalue weighted by molar-refractivity contribution is -0.142. The van der Waals surface area contributed by atoms with E-state index in [0.29, 0.717) is 30.4 Å². The standard InChI is InChI=1S/C18H25FN4O3S/c1-5-22(11-13-7-8-15(25-4)14(19)9-13)12-23-18(27)21(3)16(20-23)10-17(24)26-6-2/h7-9H,5-6,10-12H2,1-4H3. The van der Waals surface area contributed by atoms with Crippen LogP contribution < -0.4 is 4.74 Å². The summed E-state index contributed by atoms with van der Waals surface area (Å²) in [7, 11) is 3.21. The van der Waals surface area contributed by atoms with Crippen LogP contribution in [0.4, 0.5) is 4.39 Å². The molecule has 0 radical (unpaired) electrons. The molecule has 27 heavy (non-hydrogen) atoms. The molecule has 2 rings (SSSR count). The molecule has 0 aliphatic carbocycles. The van der Waals surface area contributed by atoms with Crippen molar-refractivity contribution in [3.8, 4) is 5.75 Å². The van der Waals surface area contributed by atoms with Crippen LogP contribution in [-0.4, -0.2) is 45.5 Å². The Morgan fingerprint density at radius 1 is 1.37 bits per heavy atom. The lowest BCUT2D eigenvalue weighted by Crippen LogP contribution is -2.26. The molecule has 0 spiro atoms. The van der Waals surface area contributed by atoms with Crippen molar-refractivity contribution in [2.24, 2.45) is 7.05 Å². The smallest absolute Gasteiger partial charge is 0.313 e. The van der Waals surface area contributed by atoms with Crippen LogP contribution in [0, 0.1) is 10.6 Å². The van der Waals surface area contributed by atoms with Gasteiger partial charge in [-0.25, -0.2) is 9.07 Å². The predicted octanol–water partition coefficient (Wildman–Crippen LogP) is 2.68. The van der Waals surface area contributed by atoms with Crippen molar-refractivity contribution in [3.05, 3.63) is 40.2 Å². The van der Waals surface area contributed by atoms with Gasteiger partial charge >= 0.3 is 5.97 Å². The number of benzene rings is 1. The first kappa shape index (κ1) is 21.0. The number of nitrogens with zero attached hydrogens (tertiary/aromatic N) is 4. The average Bonchev–Trinajstić information content (AvgIpc) is 2.89. The molecule has 0 fully saturated rings. The van der Waals surface area contributed by atoms with E-state index >= 15 is 0 Å². The molecular formula is C18H25FN4O3S. The van der Waals surface area contributed by atoms with Crippen LogP contribution in [-0.2, 0) is 36.2 Å². The minimum absolute atomic E-state index is 0.0663. The van der Waals surface area contributed by atoms with E-state index in [9.17, 15) is 9.18 Å². The normalized spacial score (nSPS) is 11.0. The van der Waals surface area contributed by atoms with Crippen molar-refractivity contribution < 1.29 is 18.7 Å². The molecule has 148 valence electrons. The fraction of sp³-hybridized carbons (Fsp3) is 0.500. The van der Waals surface area contributed by atoms with Gasteiger partial charge in [0.2, 0.25) is 0 Å². The summed E-state index contributed by atoms with van der Waals surface area (Å²) in [5.41, 5.74) is 0.823. The first-order chi connectivity index (χ1) is 12.9. The van der Waals surface area contributed by atoms with Gasteiger partial charge in [-0.3, -0.25) is 9.69 Å². The third kappa shape index (κ3) is 5.36. The van der Waals surface area contributed by atoms with Crippen LogP contribution in [0.3, 0.4) is 0 Å². The average molecular weight is 396 g/mol. The molecule has 0 atom stereocenters. The van der Waals surface area contributed by atoms with Gasteiger partial charge in [-0.2, -0.15) is 5.10 Å². The zero-order valence-corrected chi connectivity index (χ0v) is 16.9. The first-order valence-electron chi connectivity index (χ1n) is 8.72. The topological polar surface area (TPSA) is 61.5 Å². The molecule has 0 bridgehead atoms. The van der Waals surface area contributed by atoms with Gasteiger partial charge < -0.3 is 14.0 Å². The van der Waals surface area contributed by atoms with Gasteiger partial charge in [-0.1, -0.05) is 13.0 Å². The zero-order chi connectivity index (χ0) is 20.0. The van der Waals surface area contributed by atoms with Crippen LogP contribution in [0.1, 0.15) is 25.2 Å². The molecule has 0 saturated carbocycles. The minimum atomic E-state index is -0.391. The molecule has 0 amide bonds. The summed E-state index contributed by atoms with van der Waals surface area (Å²) in [5, 5.41) is 4.44. The Kier molecular flexibility index (Phi) is 7.49. The largest absolute Gasteiger partial charge is 0.494 e. The zero-order valence-electron chi connectivity index (χ0n) is 16.1. The highest BCUT2D eigenvalue weighted by molar-refractivity contribution is 7.71. The second kappa shape index (κ2) is 9.61. The number of hydrogen-bond donors (Lipinski definition) is 0. The van der Waals surface area contributed by atoms with E-state index in [1.54, 1.807) is 29.3 Å². The number of esters is 1. The lowest BCUT2D eigenvalue weighted by atomic mass is 10.2. The highest BCUT2D eigenvalue weighted by atomic mass is 32.1. The van der Waals surface area contributed by atoms with Crippen LogP contribution >= 0.6 is 12.2 Å². The van der Waals surface area contributed by atoms with Crippen molar-refractivity contribution in [1.82, 2.24) is 19.2 Å². The van der Waals surface area contributed by atoms with Crippen LogP contribution in [0.2, 0.25) is 0 Å². The number of halogens is 1. The first-order valence-corrected chi connectivity index (χ1v) is 9.13. The van der Waals surface area contributed by atoms with E-state index in [2.05, 4.69) is 10.00 Å². The van der Waals surface area contributed by atoms with E-state index in [4.69, 9.17) is 21.7 Å². The number of rotatable bonds is 9. The predicted molar refractivity (Wildman–Crippen MR) is 101 cm³/mol. The Balaban J connectivity index is 2.13. The third-order valence-corrected chi connectivity index (χ3v) is 4.63. The van der Waals surface area contributed by atoms with E-state index in [1.165, 1.54) is 13.2 Å². The maximum absolute atomic E-state index is 13.9. The summed E-state index contributed by atoms with van der Waals surface area (Å²) < 4.78 is 27.7. The molecule has 0 aliphatic rings. The molecule has 0 unspecified atom stereocenters. The summed E-state index contributed by atoms with van der Waals surface area (Å²) in [4.78, 5) is 13.8. The summed E-state index contributed by atoms with van der Waals surface area (Å²) >= 11 is 5.42. The maximum atomic E-state index is 13.9. The summed E-state index contributed by atoms with van der Waals surface area (Å²) in [6.45, 7) is 5.77. The van der Waals surface area contributed by atoms with Crippen LogP contribution in [0.5, 0.6) is 5.75 Å². The Labute approximate surface area is 163 Å². The van der Waals surface area contributed by atoms with Gasteiger partial charge in [0.05, 0.1) is 20.4 Å². The van der Waals surface area contributed by atoms with Crippen molar-refractivity contribution in [2.45, 2.75) is 33.5 Å². The molecule has 7 nitrogen and oxygen atoms in total. The van der Waals surface area contributed by atoms with E-state index < -0.39 is 5.82 Å². The molecule has 2 aromatic rings. The van der Waals surface area contributed by atoms with Gasteiger partial charge in [0.25, 0.3) is 0 Å². The fourth-order valence-electron chi connectivity index (χ4n) is 2.64. The van der Waals surface area contributed by atoms with E-state index in [1.807, 2.05) is 13.0 Å². The van der Waals surface area contributed by atoms with Gasteiger partial charge in [0.1, 0.15) is 12.2 Å². The quantitative estimate of drug-likeness (QED) is 0.480. The number of hydrogen-bond acceptors (Lipinski definition) is 6. The second-order valence-corrected chi connectivity index (χ2v) is 6.36. The van der Waals surface area contributed by atoms with Gasteiger partial charge in [0.15, 0.2) is 16.3 Å². The van der Waals surface area contributed by atoms with Crippen molar-refractivity contribution in [2.75, 3.05) is 20.3 Å². The number of ether oxygens (including phenoxy) is 2. The van der Waals surface area contributed by atoms with Crippen molar-refractivity contribution in [3.63, 3.8) is 0 Å². The van der Waals surface area contributed by atoms with E-state index in [0.717, 1.165) is 12.1 Å². The lowest BCUT2D eigenvalue weighted by Gasteiger charge is -2.20. The molecule has 0 aliphatic heterocycles. The summed E-state index contributed by atoms with van der Waals surface area (Å²) in [6.07, 6.45) is 0.0663. The summed E-state index contributed by atoms with van der Waals surface area (Å²) in [5.74, 6) is 0.0355. The highest BCUT2D eigenvalue weighted by Gasteiger charge is 2.15. The molecular weight excluding hydrogens is 371 g/mol. The molecule has 1 heterocycles. The molecule has 0 N–H and O–H groups in total. The molecule has 0 saturated heterocycles. The van der Waals surface area contributed by atoms with Crippen LogP contribution in [0.15, 0.2) is 18.2 Å². The fourth-order valence-corrected chi connectivity index (χ4v) is 2.84. The van der Waals surface area contributed by atoms with Crippen LogP contribution in [0.25, 0.3) is 0 Å². The van der Waals surface area contributed by atoms with Crippen molar-refractivity contribution in [1.29, 1.82) is 0 Å². The molecule has 1 aromatic carbocycles. The van der Waals surface area contributed by atoms with Gasteiger partial charge in [-0.15, -0.1) is 0 Å². The van der Waals surface area contributed by atoms with Gasteiger partial charge in [0, 0.05) is 13.6 Å². The monoisotopic (exact) mass is 396 g/mol. The van der Waals surface area contributed by atoms with E-state index in [-0.39, 0.29) is 18.1 Å². The minimum Gasteiger partial charge on any atom is -0.494 e. The second-order valence-electron chi connectivity index (χ2n) is 5.99. The Bertz CT molecular complexity index is 850. The number of aromatic nitrogens is 3. The molecule has 1 aromatic heterocycles. The Hall–Kier alpha value is -2.26. The molecule has 9 heteroatoms. The number of carbonyl (C=O) groups is 1. The SMILES string of the molecule is CCOC(=O)Cc1nn(CN(CC)Cc2ccc(OC)c(F)c2)c(=S)n1C.